The maximum atomic E-state index is 12.8. The van der Waals surface area contributed by atoms with Crippen molar-refractivity contribution >= 4 is 45.0 Å². The van der Waals surface area contributed by atoms with E-state index in [4.69, 9.17) is 0 Å². The van der Waals surface area contributed by atoms with Crippen LogP contribution in [0, 0.1) is 10.1 Å². The molecule has 0 aliphatic rings. The molecule has 1 aromatic heterocycles. The molecule has 0 bridgehead atoms. The standard InChI is InChI=1S/C23H17N3O5/c1-14(24-31-15(2)27)23(28)16-8-10-21-19(12-16)20-13-18(26(29)30)9-11-22(20)25(21)17-6-4-3-5-7-17/h3-13H,1-2H3/b24-14+. The molecule has 0 unspecified atom stereocenters. The van der Waals surface area contributed by atoms with Gasteiger partial charge in [0.05, 0.1) is 16.0 Å². The Morgan fingerprint density at radius 1 is 0.935 bits per heavy atom. The van der Waals surface area contributed by atoms with Crippen molar-refractivity contribution in [3.05, 3.63) is 82.4 Å². The third-order valence-electron chi connectivity index (χ3n) is 4.88. The van der Waals surface area contributed by atoms with Gasteiger partial charge in [-0.05, 0) is 43.3 Å². The maximum Gasteiger partial charge on any atom is 0.331 e. The first-order valence-corrected chi connectivity index (χ1v) is 9.41. The van der Waals surface area contributed by atoms with Crippen molar-refractivity contribution < 1.29 is 19.3 Å². The third-order valence-corrected chi connectivity index (χ3v) is 4.88. The summed E-state index contributed by atoms with van der Waals surface area (Å²) < 4.78 is 1.99. The minimum atomic E-state index is -0.624. The number of Topliss-reactive ketones (excluding diaryl/α,β-unsaturated/α-hetero) is 1. The number of hydrogen-bond donors (Lipinski definition) is 0. The van der Waals surface area contributed by atoms with E-state index in [-0.39, 0.29) is 11.4 Å². The van der Waals surface area contributed by atoms with Gasteiger partial charge in [0, 0.05) is 41.1 Å². The number of carbonyl (C=O) groups is 2. The molecule has 0 atom stereocenters. The first-order chi connectivity index (χ1) is 14.9. The summed E-state index contributed by atoms with van der Waals surface area (Å²) in [6, 6.07) is 19.4. The van der Waals surface area contributed by atoms with Crippen molar-refractivity contribution in [3.63, 3.8) is 0 Å². The van der Waals surface area contributed by atoms with Crippen LogP contribution in [0.2, 0.25) is 0 Å². The van der Waals surface area contributed by atoms with Crippen LogP contribution in [0.4, 0.5) is 5.69 Å². The summed E-state index contributed by atoms with van der Waals surface area (Å²) in [5, 5.41) is 16.2. The van der Waals surface area contributed by atoms with Crippen LogP contribution in [-0.2, 0) is 9.63 Å². The molecule has 4 rings (SSSR count). The Morgan fingerprint density at radius 3 is 2.23 bits per heavy atom. The average molecular weight is 415 g/mol. The molecule has 0 spiro atoms. The van der Waals surface area contributed by atoms with Crippen LogP contribution in [-0.4, -0.2) is 27.0 Å². The molecule has 154 valence electrons. The molecule has 0 aliphatic carbocycles. The molecular weight excluding hydrogens is 398 g/mol. The van der Waals surface area contributed by atoms with Crippen LogP contribution < -0.4 is 0 Å². The van der Waals surface area contributed by atoms with Crippen LogP contribution in [0.25, 0.3) is 27.5 Å². The van der Waals surface area contributed by atoms with Gasteiger partial charge in [0.2, 0.25) is 5.78 Å². The van der Waals surface area contributed by atoms with E-state index in [9.17, 15) is 19.7 Å². The Bertz CT molecular complexity index is 1390. The second-order valence-electron chi connectivity index (χ2n) is 6.95. The van der Waals surface area contributed by atoms with Crippen molar-refractivity contribution in [3.8, 4) is 5.69 Å². The summed E-state index contributed by atoms with van der Waals surface area (Å²) >= 11 is 0. The molecular formula is C23H17N3O5. The van der Waals surface area contributed by atoms with Crippen LogP contribution in [0.15, 0.2) is 71.9 Å². The van der Waals surface area contributed by atoms with Crippen molar-refractivity contribution in [2.75, 3.05) is 0 Å². The number of hydrogen-bond acceptors (Lipinski definition) is 6. The molecule has 3 aromatic carbocycles. The summed E-state index contributed by atoms with van der Waals surface area (Å²) in [6.07, 6.45) is 0. The summed E-state index contributed by atoms with van der Waals surface area (Å²) in [7, 11) is 0. The van der Waals surface area contributed by atoms with Gasteiger partial charge in [0.25, 0.3) is 5.69 Å². The molecule has 0 N–H and O–H groups in total. The number of carbonyl (C=O) groups excluding carboxylic acids is 2. The van der Waals surface area contributed by atoms with Gasteiger partial charge in [-0.25, -0.2) is 4.79 Å². The summed E-state index contributed by atoms with van der Waals surface area (Å²) in [6.45, 7) is 2.65. The zero-order chi connectivity index (χ0) is 22.1. The zero-order valence-corrected chi connectivity index (χ0v) is 16.7. The Morgan fingerprint density at radius 2 is 1.58 bits per heavy atom. The monoisotopic (exact) mass is 415 g/mol. The van der Waals surface area contributed by atoms with Crippen LogP contribution in [0.1, 0.15) is 24.2 Å². The maximum absolute atomic E-state index is 12.8. The quantitative estimate of drug-likeness (QED) is 0.153. The predicted octanol–water partition coefficient (Wildman–Crippen LogP) is 4.81. The summed E-state index contributed by atoms with van der Waals surface area (Å²) in [4.78, 5) is 39.2. The highest BCUT2D eigenvalue weighted by Gasteiger charge is 2.18. The van der Waals surface area contributed by atoms with E-state index >= 15 is 0 Å². The highest BCUT2D eigenvalue weighted by atomic mass is 16.7. The lowest BCUT2D eigenvalue weighted by Crippen LogP contribution is -2.11. The Hall–Kier alpha value is -4.33. The minimum Gasteiger partial charge on any atom is -0.318 e. The van der Waals surface area contributed by atoms with Gasteiger partial charge in [0.1, 0.15) is 5.71 Å². The fraction of sp³-hybridized carbons (Fsp3) is 0.0870. The van der Waals surface area contributed by atoms with E-state index < -0.39 is 16.7 Å². The van der Waals surface area contributed by atoms with E-state index in [0.717, 1.165) is 16.7 Å². The molecule has 0 saturated carbocycles. The summed E-state index contributed by atoms with van der Waals surface area (Å²) in [5.74, 6) is -1.03. The highest BCUT2D eigenvalue weighted by Crippen LogP contribution is 2.34. The predicted molar refractivity (Wildman–Crippen MR) is 117 cm³/mol. The third kappa shape index (κ3) is 3.66. The highest BCUT2D eigenvalue weighted by molar-refractivity contribution is 6.45. The van der Waals surface area contributed by atoms with E-state index in [2.05, 4.69) is 9.99 Å². The lowest BCUT2D eigenvalue weighted by Gasteiger charge is -2.07. The van der Waals surface area contributed by atoms with Gasteiger partial charge in [-0.1, -0.05) is 23.4 Å². The number of oxime groups is 1. The lowest BCUT2D eigenvalue weighted by atomic mass is 10.0. The van der Waals surface area contributed by atoms with Gasteiger partial charge >= 0.3 is 5.97 Å². The molecule has 8 heteroatoms. The topological polar surface area (TPSA) is 104 Å². The van der Waals surface area contributed by atoms with Gasteiger partial charge in [-0.3, -0.25) is 14.9 Å². The molecule has 0 saturated heterocycles. The molecule has 0 aliphatic heterocycles. The van der Waals surface area contributed by atoms with Gasteiger partial charge in [-0.2, -0.15) is 0 Å². The van der Waals surface area contributed by atoms with Crippen LogP contribution >= 0.6 is 0 Å². The molecule has 4 aromatic rings. The number of fused-ring (bicyclic) bond motifs is 3. The number of nitro benzene ring substituents is 1. The molecule has 31 heavy (non-hydrogen) atoms. The molecule has 0 radical (unpaired) electrons. The second kappa shape index (κ2) is 7.83. The number of ketones is 1. The summed E-state index contributed by atoms with van der Waals surface area (Å²) in [5.41, 5.74) is 2.79. The second-order valence-corrected chi connectivity index (χ2v) is 6.95. The number of rotatable bonds is 5. The molecule has 1 heterocycles. The van der Waals surface area contributed by atoms with E-state index in [1.165, 1.54) is 26.0 Å². The molecule has 0 fully saturated rings. The van der Waals surface area contributed by atoms with Gasteiger partial charge in [-0.15, -0.1) is 0 Å². The number of nitro groups is 1. The van der Waals surface area contributed by atoms with Gasteiger partial charge in [0.15, 0.2) is 0 Å². The largest absolute Gasteiger partial charge is 0.331 e. The van der Waals surface area contributed by atoms with Crippen molar-refractivity contribution in [2.45, 2.75) is 13.8 Å². The number of benzene rings is 3. The number of aromatic nitrogens is 1. The van der Waals surface area contributed by atoms with Crippen molar-refractivity contribution in [1.82, 2.24) is 4.57 Å². The first-order valence-electron chi connectivity index (χ1n) is 9.41. The van der Waals surface area contributed by atoms with E-state index in [1.807, 2.05) is 34.9 Å². The number of para-hydroxylation sites is 1. The smallest absolute Gasteiger partial charge is 0.318 e. The molecule has 8 nitrogen and oxygen atoms in total. The van der Waals surface area contributed by atoms with Crippen molar-refractivity contribution in [2.24, 2.45) is 5.16 Å². The molecule has 0 amide bonds. The number of nitrogens with zero attached hydrogens (tertiary/aromatic N) is 3. The van der Waals surface area contributed by atoms with Crippen LogP contribution in [0.3, 0.4) is 0 Å². The Kier molecular flexibility index (Phi) is 5.04. The number of non-ortho nitro benzene ring substituents is 1. The van der Waals surface area contributed by atoms with Crippen LogP contribution in [0.5, 0.6) is 0 Å². The average Bonchev–Trinajstić information content (AvgIpc) is 3.10. The zero-order valence-electron chi connectivity index (χ0n) is 16.7. The lowest BCUT2D eigenvalue weighted by molar-refractivity contribution is -0.384. The SMILES string of the molecule is CC(=O)O/N=C(\C)C(=O)c1ccc2c(c1)c1cc([N+](=O)[O-])ccc1n2-c1ccccc1. The fourth-order valence-corrected chi connectivity index (χ4v) is 3.50. The van der Waals surface area contributed by atoms with Crippen molar-refractivity contribution in [1.29, 1.82) is 0 Å². The fourth-order valence-electron chi connectivity index (χ4n) is 3.50. The van der Waals surface area contributed by atoms with E-state index in [1.54, 1.807) is 24.3 Å². The minimum absolute atomic E-state index is 0.0207. The Balaban J connectivity index is 1.96. The van der Waals surface area contributed by atoms with Gasteiger partial charge < -0.3 is 9.40 Å². The normalized spacial score (nSPS) is 11.6. The first kappa shape index (κ1) is 20.0. The Labute approximate surface area is 176 Å². The van der Waals surface area contributed by atoms with E-state index in [0.29, 0.717) is 16.3 Å².